The summed E-state index contributed by atoms with van der Waals surface area (Å²) in [5.41, 5.74) is 1.32. The molecule has 1 aromatic heterocycles. The molecule has 2 aromatic rings. The van der Waals surface area contributed by atoms with Gasteiger partial charge in [-0.15, -0.1) is 23.1 Å². The monoisotopic (exact) mass is 341 g/mol. The van der Waals surface area contributed by atoms with Crippen molar-refractivity contribution in [2.75, 3.05) is 12.3 Å². The van der Waals surface area contributed by atoms with E-state index in [1.165, 1.54) is 19.8 Å². The molecule has 0 aliphatic rings. The second-order valence-corrected chi connectivity index (χ2v) is 7.15. The van der Waals surface area contributed by atoms with Crippen LogP contribution >= 0.6 is 39.0 Å². The topological polar surface area (TPSA) is 12.0 Å². The molecule has 0 aliphatic heterocycles. The molecule has 0 radical (unpaired) electrons. The standard InChI is InChI=1S/C14H16BrNS2/c1-11-2-4-13(5-3-11)17-7-6-16-9-14-8-12(15)10-18-14/h2-5,8,10,16H,6-7,9H2,1H3. The quantitative estimate of drug-likeness (QED) is 0.603. The summed E-state index contributed by atoms with van der Waals surface area (Å²) in [6.07, 6.45) is 0. The van der Waals surface area contributed by atoms with Gasteiger partial charge in [0.25, 0.3) is 0 Å². The first kappa shape index (κ1) is 14.1. The van der Waals surface area contributed by atoms with Crippen molar-refractivity contribution in [2.45, 2.75) is 18.4 Å². The molecule has 0 spiro atoms. The number of thiophene rings is 1. The van der Waals surface area contributed by atoms with Gasteiger partial charge >= 0.3 is 0 Å². The molecule has 1 heterocycles. The summed E-state index contributed by atoms with van der Waals surface area (Å²) in [7, 11) is 0. The number of aryl methyl sites for hydroxylation is 1. The number of hydrogen-bond acceptors (Lipinski definition) is 3. The van der Waals surface area contributed by atoms with Gasteiger partial charge in [-0.05, 0) is 41.1 Å². The summed E-state index contributed by atoms with van der Waals surface area (Å²) in [6.45, 7) is 4.12. The number of rotatable bonds is 6. The predicted molar refractivity (Wildman–Crippen MR) is 85.6 cm³/mol. The van der Waals surface area contributed by atoms with E-state index in [1.54, 1.807) is 11.3 Å². The first-order valence-corrected chi connectivity index (χ1v) is 8.53. The fourth-order valence-electron chi connectivity index (χ4n) is 1.53. The van der Waals surface area contributed by atoms with Crippen molar-refractivity contribution in [3.63, 3.8) is 0 Å². The lowest BCUT2D eigenvalue weighted by Crippen LogP contribution is -2.15. The second-order valence-electron chi connectivity index (χ2n) is 4.07. The largest absolute Gasteiger partial charge is 0.311 e. The Kier molecular flexibility index (Phi) is 5.76. The van der Waals surface area contributed by atoms with Crippen molar-refractivity contribution in [3.8, 4) is 0 Å². The van der Waals surface area contributed by atoms with Gasteiger partial charge in [-0.1, -0.05) is 17.7 Å². The smallest absolute Gasteiger partial charge is 0.0300 e. The molecule has 0 aliphatic carbocycles. The van der Waals surface area contributed by atoms with Crippen LogP contribution in [0.1, 0.15) is 10.4 Å². The Morgan fingerprint density at radius 1 is 1.28 bits per heavy atom. The molecule has 0 saturated carbocycles. The van der Waals surface area contributed by atoms with Crippen molar-refractivity contribution in [2.24, 2.45) is 0 Å². The fraction of sp³-hybridized carbons (Fsp3) is 0.286. The molecule has 0 atom stereocenters. The van der Waals surface area contributed by atoms with Crippen molar-refractivity contribution in [1.29, 1.82) is 0 Å². The fourth-order valence-corrected chi connectivity index (χ4v) is 3.76. The van der Waals surface area contributed by atoms with Crippen LogP contribution in [0.4, 0.5) is 0 Å². The van der Waals surface area contributed by atoms with Gasteiger partial charge in [0.15, 0.2) is 0 Å². The highest BCUT2D eigenvalue weighted by molar-refractivity contribution is 9.10. The van der Waals surface area contributed by atoms with Crippen molar-refractivity contribution < 1.29 is 0 Å². The van der Waals surface area contributed by atoms with E-state index in [-0.39, 0.29) is 0 Å². The highest BCUT2D eigenvalue weighted by Gasteiger charge is 1.97. The molecule has 0 unspecified atom stereocenters. The van der Waals surface area contributed by atoms with Gasteiger partial charge in [0, 0.05) is 38.5 Å². The van der Waals surface area contributed by atoms with Gasteiger partial charge in [0.05, 0.1) is 0 Å². The molecule has 0 saturated heterocycles. The van der Waals surface area contributed by atoms with Crippen LogP contribution in [0.15, 0.2) is 45.1 Å². The lowest BCUT2D eigenvalue weighted by Gasteiger charge is -2.03. The Hall–Kier alpha value is -0.290. The molecule has 1 nitrogen and oxygen atoms in total. The summed E-state index contributed by atoms with van der Waals surface area (Å²) < 4.78 is 1.18. The van der Waals surface area contributed by atoms with Crippen LogP contribution in [0.25, 0.3) is 0 Å². The third-order valence-electron chi connectivity index (χ3n) is 2.49. The summed E-state index contributed by atoms with van der Waals surface area (Å²) in [5, 5.41) is 5.59. The van der Waals surface area contributed by atoms with Crippen LogP contribution in [0.3, 0.4) is 0 Å². The van der Waals surface area contributed by atoms with Gasteiger partial charge < -0.3 is 5.32 Å². The Morgan fingerprint density at radius 2 is 2.06 bits per heavy atom. The number of halogens is 1. The minimum atomic E-state index is 0.963. The molecule has 0 fully saturated rings. The van der Waals surface area contributed by atoms with Crippen molar-refractivity contribution in [1.82, 2.24) is 5.32 Å². The Morgan fingerprint density at radius 3 is 2.72 bits per heavy atom. The highest BCUT2D eigenvalue weighted by Crippen LogP contribution is 2.20. The first-order valence-electron chi connectivity index (χ1n) is 5.87. The second kappa shape index (κ2) is 7.34. The number of hydrogen-bond donors (Lipinski definition) is 1. The van der Waals surface area contributed by atoms with E-state index < -0.39 is 0 Å². The van der Waals surface area contributed by atoms with E-state index in [0.717, 1.165) is 18.8 Å². The maximum Gasteiger partial charge on any atom is 0.0300 e. The van der Waals surface area contributed by atoms with Crippen LogP contribution in [0.5, 0.6) is 0 Å². The molecule has 1 aromatic carbocycles. The van der Waals surface area contributed by atoms with E-state index in [1.807, 2.05) is 11.8 Å². The molecule has 0 amide bonds. The molecular weight excluding hydrogens is 326 g/mol. The van der Waals surface area contributed by atoms with E-state index in [0.29, 0.717) is 0 Å². The maximum absolute atomic E-state index is 3.47. The summed E-state index contributed by atoms with van der Waals surface area (Å²) in [5.74, 6) is 1.11. The van der Waals surface area contributed by atoms with Crippen LogP contribution in [0, 0.1) is 6.92 Å². The Bertz CT molecular complexity index is 479. The highest BCUT2D eigenvalue weighted by atomic mass is 79.9. The molecule has 2 rings (SSSR count). The van der Waals surface area contributed by atoms with Crippen LogP contribution in [0.2, 0.25) is 0 Å². The molecule has 1 N–H and O–H groups in total. The van der Waals surface area contributed by atoms with Gasteiger partial charge in [-0.2, -0.15) is 0 Å². The van der Waals surface area contributed by atoms with Gasteiger partial charge in [-0.25, -0.2) is 0 Å². The molecular formula is C14H16BrNS2. The zero-order chi connectivity index (χ0) is 12.8. The molecule has 96 valence electrons. The van der Waals surface area contributed by atoms with Crippen LogP contribution in [-0.4, -0.2) is 12.3 Å². The normalized spacial score (nSPS) is 10.8. The van der Waals surface area contributed by atoms with Gasteiger partial charge in [0.1, 0.15) is 0 Å². The zero-order valence-corrected chi connectivity index (χ0v) is 13.5. The van der Waals surface area contributed by atoms with E-state index >= 15 is 0 Å². The van der Waals surface area contributed by atoms with Gasteiger partial charge in [0.2, 0.25) is 0 Å². The average Bonchev–Trinajstić information content (AvgIpc) is 2.77. The number of nitrogens with one attached hydrogen (secondary N) is 1. The number of benzene rings is 1. The minimum absolute atomic E-state index is 0.963. The van der Waals surface area contributed by atoms with Gasteiger partial charge in [-0.3, -0.25) is 0 Å². The number of thioether (sulfide) groups is 1. The minimum Gasteiger partial charge on any atom is -0.311 e. The zero-order valence-electron chi connectivity index (χ0n) is 10.3. The Balaban J connectivity index is 1.63. The van der Waals surface area contributed by atoms with Crippen molar-refractivity contribution in [3.05, 3.63) is 50.6 Å². The first-order chi connectivity index (χ1) is 8.74. The van der Waals surface area contributed by atoms with E-state index in [9.17, 15) is 0 Å². The Labute approximate surface area is 125 Å². The molecule has 4 heteroatoms. The van der Waals surface area contributed by atoms with Crippen LogP contribution in [-0.2, 0) is 6.54 Å². The van der Waals surface area contributed by atoms with E-state index in [2.05, 4.69) is 63.9 Å². The molecule has 18 heavy (non-hydrogen) atoms. The summed E-state index contributed by atoms with van der Waals surface area (Å²) >= 11 is 7.16. The maximum atomic E-state index is 3.47. The van der Waals surface area contributed by atoms with Crippen LogP contribution < -0.4 is 5.32 Å². The predicted octanol–water partition coefficient (Wildman–Crippen LogP) is 4.70. The summed E-state index contributed by atoms with van der Waals surface area (Å²) in [6, 6.07) is 10.9. The third-order valence-corrected chi connectivity index (χ3v) is 5.20. The third kappa shape index (κ3) is 4.76. The molecule has 0 bridgehead atoms. The SMILES string of the molecule is Cc1ccc(SCCNCc2cc(Br)cs2)cc1. The van der Waals surface area contributed by atoms with Crippen molar-refractivity contribution >= 4 is 39.0 Å². The lowest BCUT2D eigenvalue weighted by atomic mass is 10.2. The lowest BCUT2D eigenvalue weighted by molar-refractivity contribution is 0.741. The van der Waals surface area contributed by atoms with E-state index in [4.69, 9.17) is 0 Å². The summed E-state index contributed by atoms with van der Waals surface area (Å²) in [4.78, 5) is 2.73. The average molecular weight is 342 g/mol.